The molecule has 0 bridgehead atoms. The van der Waals surface area contributed by atoms with Crippen LogP contribution in [0.25, 0.3) is 10.2 Å². The maximum Gasteiger partial charge on any atom is 0.326 e. The van der Waals surface area contributed by atoms with Gasteiger partial charge < -0.3 is 9.30 Å². The largest absolute Gasteiger partial charge is 0.465 e. The molecule has 8 nitrogen and oxygen atoms in total. The smallest absolute Gasteiger partial charge is 0.326 e. The first-order chi connectivity index (χ1) is 13.8. The summed E-state index contributed by atoms with van der Waals surface area (Å²) in [4.78, 5) is 38.5. The number of aromatic nitrogens is 1. The van der Waals surface area contributed by atoms with Gasteiger partial charge in [-0.3, -0.25) is 19.7 Å². The number of esters is 1. The summed E-state index contributed by atoms with van der Waals surface area (Å²) in [7, 11) is 0. The molecule has 11 heteroatoms. The molecule has 1 amide bonds. The van der Waals surface area contributed by atoms with Crippen molar-refractivity contribution in [3.63, 3.8) is 0 Å². The molecule has 1 aromatic heterocycles. The van der Waals surface area contributed by atoms with Crippen LogP contribution in [0.15, 0.2) is 41.4 Å². The highest BCUT2D eigenvalue weighted by molar-refractivity contribution is 7.16. The van der Waals surface area contributed by atoms with Gasteiger partial charge in [-0.15, -0.1) is 0 Å². The number of hydrogen-bond acceptors (Lipinski definition) is 6. The Labute approximate surface area is 165 Å². The Morgan fingerprint density at radius 1 is 1.24 bits per heavy atom. The van der Waals surface area contributed by atoms with E-state index in [0.717, 1.165) is 29.5 Å². The van der Waals surface area contributed by atoms with Crippen molar-refractivity contribution in [3.05, 3.63) is 68.5 Å². The number of carbonyl (C=O) groups is 2. The van der Waals surface area contributed by atoms with Crippen LogP contribution in [-0.4, -0.2) is 28.0 Å². The monoisotopic (exact) mass is 421 g/mol. The number of ether oxygens (including phenoxy) is 1. The lowest BCUT2D eigenvalue weighted by Gasteiger charge is -2.05. The van der Waals surface area contributed by atoms with E-state index in [9.17, 15) is 28.5 Å². The minimum Gasteiger partial charge on any atom is -0.465 e. The Morgan fingerprint density at radius 2 is 1.93 bits per heavy atom. The lowest BCUT2D eigenvalue weighted by Crippen LogP contribution is -2.23. The van der Waals surface area contributed by atoms with Gasteiger partial charge in [-0.05, 0) is 25.1 Å². The van der Waals surface area contributed by atoms with E-state index in [2.05, 4.69) is 4.99 Å². The van der Waals surface area contributed by atoms with E-state index in [1.54, 1.807) is 6.92 Å². The van der Waals surface area contributed by atoms with Gasteiger partial charge in [0.15, 0.2) is 4.80 Å². The number of fused-ring (bicyclic) bond motifs is 1. The lowest BCUT2D eigenvalue weighted by atomic mass is 10.2. The number of carbonyl (C=O) groups excluding carboxylic acids is 2. The average molecular weight is 421 g/mol. The standard InChI is InChI=1S/C18H13F2N3O5S/c1-2-28-15(24)9-22-13-7-6-10(23(26)27)8-14(13)29-18(22)21-17(25)16-11(19)4-3-5-12(16)20/h3-8H,2,9H2,1H3. The molecule has 0 N–H and O–H groups in total. The average Bonchev–Trinajstić information content (AvgIpc) is 2.98. The van der Waals surface area contributed by atoms with Gasteiger partial charge >= 0.3 is 5.97 Å². The van der Waals surface area contributed by atoms with Gasteiger partial charge in [-0.2, -0.15) is 4.99 Å². The highest BCUT2D eigenvalue weighted by Gasteiger charge is 2.19. The van der Waals surface area contributed by atoms with Crippen molar-refractivity contribution in [1.29, 1.82) is 0 Å². The van der Waals surface area contributed by atoms with Gasteiger partial charge in [0, 0.05) is 12.1 Å². The van der Waals surface area contributed by atoms with Crippen LogP contribution in [0.5, 0.6) is 0 Å². The molecule has 150 valence electrons. The molecule has 0 radical (unpaired) electrons. The first kappa shape index (κ1) is 20.3. The molecule has 0 aliphatic rings. The summed E-state index contributed by atoms with van der Waals surface area (Å²) < 4.78 is 34.3. The summed E-state index contributed by atoms with van der Waals surface area (Å²) >= 11 is 0.869. The number of halogens is 2. The molecular weight excluding hydrogens is 408 g/mol. The molecule has 0 atom stereocenters. The van der Waals surface area contributed by atoms with Crippen molar-refractivity contribution < 1.29 is 28.0 Å². The summed E-state index contributed by atoms with van der Waals surface area (Å²) in [5.41, 5.74) is -0.645. The van der Waals surface area contributed by atoms with Gasteiger partial charge in [0.2, 0.25) is 0 Å². The number of hydrogen-bond donors (Lipinski definition) is 0. The zero-order valence-corrected chi connectivity index (χ0v) is 15.7. The second kappa shape index (κ2) is 8.27. The van der Waals surface area contributed by atoms with Crippen LogP contribution in [0.1, 0.15) is 17.3 Å². The normalized spacial score (nSPS) is 11.6. The van der Waals surface area contributed by atoms with Gasteiger partial charge in [-0.1, -0.05) is 17.4 Å². The third-order valence-corrected chi connectivity index (χ3v) is 4.88. The van der Waals surface area contributed by atoms with E-state index >= 15 is 0 Å². The lowest BCUT2D eigenvalue weighted by molar-refractivity contribution is -0.384. The molecule has 29 heavy (non-hydrogen) atoms. The van der Waals surface area contributed by atoms with Crippen molar-refractivity contribution in [2.75, 3.05) is 6.61 Å². The van der Waals surface area contributed by atoms with Crippen LogP contribution in [0.2, 0.25) is 0 Å². The molecule has 0 saturated carbocycles. The van der Waals surface area contributed by atoms with Gasteiger partial charge in [0.25, 0.3) is 11.6 Å². The number of nitrogens with zero attached hydrogens (tertiary/aromatic N) is 3. The number of amides is 1. The van der Waals surface area contributed by atoms with Crippen molar-refractivity contribution in [1.82, 2.24) is 4.57 Å². The van der Waals surface area contributed by atoms with E-state index in [-0.39, 0.29) is 23.6 Å². The number of thiazole rings is 1. The van der Waals surface area contributed by atoms with E-state index in [1.165, 1.54) is 22.8 Å². The van der Waals surface area contributed by atoms with Gasteiger partial charge in [0.05, 0.1) is 21.7 Å². The Hall–Kier alpha value is -3.47. The van der Waals surface area contributed by atoms with Crippen LogP contribution in [0.3, 0.4) is 0 Å². The Kier molecular flexibility index (Phi) is 5.78. The zero-order valence-electron chi connectivity index (χ0n) is 14.9. The molecular formula is C18H13F2N3O5S. The van der Waals surface area contributed by atoms with Crippen molar-refractivity contribution in [3.8, 4) is 0 Å². The maximum absolute atomic E-state index is 13.9. The van der Waals surface area contributed by atoms with E-state index < -0.39 is 34.0 Å². The maximum atomic E-state index is 13.9. The summed E-state index contributed by atoms with van der Waals surface area (Å²) in [6, 6.07) is 6.85. The second-order valence-electron chi connectivity index (χ2n) is 5.70. The second-order valence-corrected chi connectivity index (χ2v) is 6.71. The summed E-state index contributed by atoms with van der Waals surface area (Å²) in [6.07, 6.45) is 0. The summed E-state index contributed by atoms with van der Waals surface area (Å²) in [5, 5.41) is 11.0. The number of benzene rings is 2. The van der Waals surface area contributed by atoms with E-state index in [1.807, 2.05) is 0 Å². The SMILES string of the molecule is CCOC(=O)Cn1c(=NC(=O)c2c(F)cccc2F)sc2cc([N+](=O)[O-])ccc21. The van der Waals surface area contributed by atoms with Crippen LogP contribution in [-0.2, 0) is 16.1 Å². The molecule has 3 aromatic rings. The quantitative estimate of drug-likeness (QED) is 0.358. The highest BCUT2D eigenvalue weighted by atomic mass is 32.1. The minimum absolute atomic E-state index is 0.0544. The third kappa shape index (κ3) is 4.19. The van der Waals surface area contributed by atoms with Crippen molar-refractivity contribution in [2.45, 2.75) is 13.5 Å². The molecule has 0 aliphatic carbocycles. The zero-order chi connectivity index (χ0) is 21.1. The fourth-order valence-corrected chi connectivity index (χ4v) is 3.66. The Morgan fingerprint density at radius 3 is 2.55 bits per heavy atom. The molecule has 0 unspecified atom stereocenters. The predicted octanol–water partition coefficient (Wildman–Crippen LogP) is 3.19. The van der Waals surface area contributed by atoms with E-state index in [4.69, 9.17) is 4.74 Å². The fourth-order valence-electron chi connectivity index (χ4n) is 2.59. The molecule has 0 saturated heterocycles. The molecule has 0 fully saturated rings. The van der Waals surface area contributed by atoms with Crippen LogP contribution < -0.4 is 4.80 Å². The Bertz CT molecular complexity index is 1180. The Balaban J connectivity index is 2.18. The molecule has 2 aromatic carbocycles. The molecule has 0 aliphatic heterocycles. The van der Waals surface area contributed by atoms with Crippen LogP contribution in [0.4, 0.5) is 14.5 Å². The molecule has 3 rings (SSSR count). The highest BCUT2D eigenvalue weighted by Crippen LogP contribution is 2.23. The number of rotatable bonds is 5. The van der Waals surface area contributed by atoms with Crippen LogP contribution in [0, 0.1) is 21.7 Å². The third-order valence-electron chi connectivity index (χ3n) is 3.84. The number of nitro groups is 1. The van der Waals surface area contributed by atoms with Crippen molar-refractivity contribution in [2.24, 2.45) is 4.99 Å². The minimum atomic E-state index is -1.18. The molecule has 1 heterocycles. The topological polar surface area (TPSA) is 104 Å². The van der Waals surface area contributed by atoms with Crippen molar-refractivity contribution >= 4 is 39.1 Å². The van der Waals surface area contributed by atoms with Crippen LogP contribution >= 0.6 is 11.3 Å². The first-order valence-corrected chi connectivity index (χ1v) is 9.10. The number of nitro benzene ring substituents is 1. The first-order valence-electron chi connectivity index (χ1n) is 8.28. The van der Waals surface area contributed by atoms with Gasteiger partial charge in [0.1, 0.15) is 23.7 Å². The predicted molar refractivity (Wildman–Crippen MR) is 99.4 cm³/mol. The van der Waals surface area contributed by atoms with E-state index in [0.29, 0.717) is 10.2 Å². The summed E-state index contributed by atoms with van der Waals surface area (Å²) in [6.45, 7) is 1.41. The fraction of sp³-hybridized carbons (Fsp3) is 0.167. The molecule has 0 spiro atoms. The number of non-ortho nitro benzene ring substituents is 1. The van der Waals surface area contributed by atoms with Gasteiger partial charge in [-0.25, -0.2) is 8.78 Å². The summed E-state index contributed by atoms with van der Waals surface area (Å²) in [5.74, 6) is -3.96.